The number of imidazole rings is 1. The average molecular weight is 668 g/mol. The number of fused-ring (bicyclic) bond motifs is 6. The highest BCUT2D eigenvalue weighted by molar-refractivity contribution is 5.71. The highest BCUT2D eigenvalue weighted by Crippen LogP contribution is 2.68. The maximum Gasteiger partial charge on any atom is 0.305 e. The number of esters is 1. The molecule has 7 N–H and O–H groups in total. The van der Waals surface area contributed by atoms with Crippen LogP contribution in [0.4, 0.5) is 5.95 Å². The van der Waals surface area contributed by atoms with Crippen LogP contribution in [0.1, 0.15) is 91.0 Å². The first-order valence-electron chi connectivity index (χ1n) is 18.0. The highest BCUT2D eigenvalue weighted by Gasteiger charge is 2.65. The predicted octanol–water partition coefficient (Wildman–Crippen LogP) is 3.10. The van der Waals surface area contributed by atoms with Crippen molar-refractivity contribution >= 4 is 23.1 Å². The number of aliphatic hydroxyl groups is 4. The summed E-state index contributed by atoms with van der Waals surface area (Å²) in [5, 5.41) is 44.7. The van der Waals surface area contributed by atoms with Gasteiger partial charge in [0.15, 0.2) is 11.2 Å². The molecule has 0 aromatic carbocycles. The molecule has 0 bridgehead atoms. The number of nitrogens with one attached hydrogen (secondary N) is 1. The zero-order valence-corrected chi connectivity index (χ0v) is 28.4. The summed E-state index contributed by atoms with van der Waals surface area (Å²) in [6, 6.07) is -0.374. The number of aliphatic hydroxyl groups excluding tert-OH is 4. The van der Waals surface area contributed by atoms with E-state index in [-0.39, 0.29) is 88.9 Å². The fourth-order valence-electron chi connectivity index (χ4n) is 11.7. The van der Waals surface area contributed by atoms with Gasteiger partial charge in [-0.15, -0.1) is 0 Å². The Bertz CT molecular complexity index is 1630. The highest BCUT2D eigenvalue weighted by atomic mass is 16.5. The van der Waals surface area contributed by atoms with Crippen molar-refractivity contribution in [3.8, 4) is 0 Å². The number of anilines is 1. The molecule has 0 saturated heterocycles. The number of carbonyl (C=O) groups is 1. The standard InChI is InChI=1S/C36H53N5O7/c1-17(22-6-7-23-30-24(13-28(45)36(22,23)4)35(3)10-9-20(42)11-19(35)12-27(30)44)5-8-29(46)48-15-21-18(2)25(14-26(21)43)41-16-38-31-32(41)39-34(37)40-33(31)47/h16-17,19-28,30,42-45H,2,5-15H2,1,3-4H3,(H3,37,39,40,47)/t17-,19+,20-,21+,22-,23+,24+,25+,26+,27-,28+,30+,35+,36-/m1/s1. The molecule has 5 fully saturated rings. The number of aromatic amines is 1. The van der Waals surface area contributed by atoms with Crippen LogP contribution in [0.2, 0.25) is 0 Å². The average Bonchev–Trinajstić information content (AvgIpc) is 3.69. The van der Waals surface area contributed by atoms with E-state index >= 15 is 0 Å². The summed E-state index contributed by atoms with van der Waals surface area (Å²) in [4.78, 5) is 36.1. The third-order valence-corrected chi connectivity index (χ3v) is 14.4. The molecule has 2 aromatic heterocycles. The van der Waals surface area contributed by atoms with Crippen molar-refractivity contribution in [3.63, 3.8) is 0 Å². The Hall–Kier alpha value is -2.80. The maximum absolute atomic E-state index is 13.0. The van der Waals surface area contributed by atoms with Crippen molar-refractivity contribution in [1.29, 1.82) is 0 Å². The minimum absolute atomic E-state index is 0.00612. The number of H-pyrrole nitrogens is 1. The van der Waals surface area contributed by atoms with Gasteiger partial charge in [0.05, 0.1) is 36.8 Å². The maximum atomic E-state index is 13.0. The van der Waals surface area contributed by atoms with E-state index in [1.165, 1.54) is 6.33 Å². The fourth-order valence-corrected chi connectivity index (χ4v) is 11.7. The second kappa shape index (κ2) is 12.2. The Morgan fingerprint density at radius 2 is 1.90 bits per heavy atom. The van der Waals surface area contributed by atoms with Gasteiger partial charge in [-0.3, -0.25) is 14.6 Å². The van der Waals surface area contributed by atoms with Crippen LogP contribution in [-0.2, 0) is 9.53 Å². The normalized spacial score (nSPS) is 43.1. The van der Waals surface area contributed by atoms with E-state index in [1.54, 1.807) is 4.57 Å². The van der Waals surface area contributed by atoms with Gasteiger partial charge in [0.1, 0.15) is 6.61 Å². The third-order valence-electron chi connectivity index (χ3n) is 14.4. The van der Waals surface area contributed by atoms with Crippen LogP contribution in [0.5, 0.6) is 0 Å². The molecule has 5 aliphatic carbocycles. The molecule has 2 aromatic rings. The Balaban J connectivity index is 0.961. The number of hydrogen-bond donors (Lipinski definition) is 6. The van der Waals surface area contributed by atoms with Gasteiger partial charge in [-0.2, -0.15) is 4.98 Å². The zero-order valence-electron chi connectivity index (χ0n) is 28.4. The van der Waals surface area contributed by atoms with Crippen LogP contribution in [-0.4, -0.2) is 76.9 Å². The summed E-state index contributed by atoms with van der Waals surface area (Å²) in [7, 11) is 0. The number of nitrogens with zero attached hydrogens (tertiary/aromatic N) is 3. The van der Waals surface area contributed by atoms with Gasteiger partial charge in [0.2, 0.25) is 5.95 Å². The summed E-state index contributed by atoms with van der Waals surface area (Å²) >= 11 is 0. The molecule has 5 saturated carbocycles. The minimum atomic E-state index is -0.788. The number of rotatable bonds is 7. The number of hydrogen-bond acceptors (Lipinski definition) is 10. The molecule has 0 radical (unpaired) electrons. The Morgan fingerprint density at radius 3 is 2.67 bits per heavy atom. The molecule has 7 rings (SSSR count). The van der Waals surface area contributed by atoms with Crippen LogP contribution >= 0.6 is 0 Å². The Kier molecular flexibility index (Phi) is 8.57. The smallest absolute Gasteiger partial charge is 0.305 e. The first-order valence-corrected chi connectivity index (χ1v) is 18.0. The first-order chi connectivity index (χ1) is 22.7. The monoisotopic (exact) mass is 667 g/mol. The molecule has 0 aliphatic heterocycles. The lowest BCUT2D eigenvalue weighted by Gasteiger charge is -2.63. The zero-order chi connectivity index (χ0) is 34.3. The number of ether oxygens (including phenoxy) is 1. The van der Waals surface area contributed by atoms with Crippen molar-refractivity contribution < 1.29 is 30.0 Å². The molecule has 12 nitrogen and oxygen atoms in total. The van der Waals surface area contributed by atoms with Crippen molar-refractivity contribution in [2.45, 2.75) is 115 Å². The molecule has 14 atom stereocenters. The van der Waals surface area contributed by atoms with Crippen molar-refractivity contribution in [2.75, 3.05) is 12.3 Å². The summed E-state index contributed by atoms with van der Waals surface area (Å²) in [6.45, 7) is 11.0. The molecule has 2 heterocycles. The molecule has 0 amide bonds. The molecule has 0 spiro atoms. The molecular formula is C36H53N5O7. The number of carbonyl (C=O) groups excluding carboxylic acids is 1. The first kappa shape index (κ1) is 33.7. The lowest BCUT2D eigenvalue weighted by molar-refractivity contribution is -0.207. The van der Waals surface area contributed by atoms with E-state index in [4.69, 9.17) is 10.5 Å². The van der Waals surface area contributed by atoms with Gasteiger partial charge in [-0.1, -0.05) is 27.4 Å². The van der Waals surface area contributed by atoms with E-state index in [0.29, 0.717) is 30.5 Å². The van der Waals surface area contributed by atoms with E-state index in [0.717, 1.165) is 38.5 Å². The van der Waals surface area contributed by atoms with Crippen LogP contribution in [0, 0.1) is 52.3 Å². The summed E-state index contributed by atoms with van der Waals surface area (Å²) in [5.41, 5.74) is 6.16. The van der Waals surface area contributed by atoms with E-state index in [1.807, 2.05) is 0 Å². The van der Waals surface area contributed by atoms with Gasteiger partial charge in [-0.05, 0) is 110 Å². The lowest BCUT2D eigenvalue weighted by atomic mass is 9.43. The second-order valence-electron chi connectivity index (χ2n) is 16.5. The van der Waals surface area contributed by atoms with Gasteiger partial charge in [-0.25, -0.2) is 4.98 Å². The molecule has 5 aliphatic rings. The van der Waals surface area contributed by atoms with E-state index < -0.39 is 29.8 Å². The fraction of sp³-hybridized carbons (Fsp3) is 0.778. The van der Waals surface area contributed by atoms with Crippen LogP contribution in [0.3, 0.4) is 0 Å². The van der Waals surface area contributed by atoms with Crippen LogP contribution < -0.4 is 11.3 Å². The van der Waals surface area contributed by atoms with Crippen molar-refractivity contribution in [2.24, 2.45) is 52.3 Å². The number of nitrogen functional groups attached to an aromatic ring is 1. The van der Waals surface area contributed by atoms with E-state index in [9.17, 15) is 30.0 Å². The number of nitrogens with two attached hydrogens (primary N) is 1. The molecule has 264 valence electrons. The Labute approximate surface area is 281 Å². The summed E-state index contributed by atoms with van der Waals surface area (Å²) < 4.78 is 7.39. The van der Waals surface area contributed by atoms with Crippen molar-refractivity contribution in [1.82, 2.24) is 19.5 Å². The molecule has 0 unspecified atom stereocenters. The minimum Gasteiger partial charge on any atom is -0.465 e. The number of aromatic nitrogens is 4. The second-order valence-corrected chi connectivity index (χ2v) is 16.5. The molecule has 12 heteroatoms. The third kappa shape index (κ3) is 5.24. The SMILES string of the molecule is C=C1[C@H](COC(=O)CC[C@@H](C)[C@H]2CC[C@H]3[C@@H]4[C@H](O)C[C@@H]5C[C@H](O)CC[C@]5(C)[C@H]4C[C@H](O)[C@]23C)[C@@H](O)C[C@@H]1n1cnc2c(=O)[nH]c(N)nc21. The van der Waals surface area contributed by atoms with E-state index in [2.05, 4.69) is 42.3 Å². The predicted molar refractivity (Wildman–Crippen MR) is 178 cm³/mol. The lowest BCUT2D eigenvalue weighted by Crippen LogP contribution is -2.62. The van der Waals surface area contributed by atoms with Gasteiger partial charge in [0.25, 0.3) is 5.56 Å². The topological polar surface area (TPSA) is 197 Å². The van der Waals surface area contributed by atoms with Crippen LogP contribution in [0.15, 0.2) is 23.3 Å². The Morgan fingerprint density at radius 1 is 1.12 bits per heavy atom. The van der Waals surface area contributed by atoms with Gasteiger partial charge >= 0.3 is 5.97 Å². The van der Waals surface area contributed by atoms with Crippen molar-refractivity contribution in [3.05, 3.63) is 28.8 Å². The summed E-state index contributed by atoms with van der Waals surface area (Å²) in [5.74, 6) is 0.511. The summed E-state index contributed by atoms with van der Waals surface area (Å²) in [6.07, 6.45) is 6.57. The van der Waals surface area contributed by atoms with Gasteiger partial charge < -0.3 is 35.5 Å². The largest absolute Gasteiger partial charge is 0.465 e. The quantitative estimate of drug-likeness (QED) is 0.189. The molecule has 48 heavy (non-hydrogen) atoms. The van der Waals surface area contributed by atoms with Crippen LogP contribution in [0.25, 0.3) is 11.2 Å². The molecular weight excluding hydrogens is 614 g/mol. The van der Waals surface area contributed by atoms with Gasteiger partial charge in [0, 0.05) is 12.3 Å².